The van der Waals surface area contributed by atoms with Crippen molar-refractivity contribution in [3.8, 4) is 0 Å². The van der Waals surface area contributed by atoms with E-state index in [1.165, 1.54) is 0 Å². The maximum Gasteiger partial charge on any atom is 0.306 e. The summed E-state index contributed by atoms with van der Waals surface area (Å²) in [5.74, 6) is -0.169. The van der Waals surface area contributed by atoms with Gasteiger partial charge in [0, 0.05) is 18.8 Å². The molecule has 0 spiro atoms. The highest BCUT2D eigenvalue weighted by atomic mass is 16.4. The summed E-state index contributed by atoms with van der Waals surface area (Å²) in [6, 6.07) is 0. The summed E-state index contributed by atoms with van der Waals surface area (Å²) in [4.78, 5) is 42.8. The third-order valence-electron chi connectivity index (χ3n) is 5.66. The largest absolute Gasteiger partial charge is 0.481 e. The Kier molecular flexibility index (Phi) is 9.52. The lowest BCUT2D eigenvalue weighted by atomic mass is 9.79. The van der Waals surface area contributed by atoms with Gasteiger partial charge in [-0.25, -0.2) is 0 Å². The van der Waals surface area contributed by atoms with Gasteiger partial charge in [-0.15, -0.1) is 0 Å². The van der Waals surface area contributed by atoms with Crippen LogP contribution in [-0.4, -0.2) is 33.7 Å². The smallest absolute Gasteiger partial charge is 0.306 e. The first-order valence-electron chi connectivity index (χ1n) is 9.63. The standard InChI is InChI=1S/C11H18O3.C9H14O3/c1-8(12)6-9-2-4-10(5-3-9)7-11(13)14;1-6(10)7-2-4-8(5-3-7)9(11)12/h9-10H,2-7H2,1H3,(H,13,14);7-8H,2-5H2,1H3,(H,11,12). The van der Waals surface area contributed by atoms with E-state index < -0.39 is 11.9 Å². The number of carbonyl (C=O) groups excluding carboxylic acids is 2. The van der Waals surface area contributed by atoms with Gasteiger partial charge in [0.25, 0.3) is 0 Å². The number of Topliss-reactive ketones (excluding diaryl/α,β-unsaturated/α-hetero) is 2. The molecule has 0 heterocycles. The van der Waals surface area contributed by atoms with Gasteiger partial charge in [-0.2, -0.15) is 0 Å². The summed E-state index contributed by atoms with van der Waals surface area (Å²) in [6.07, 6.45) is 7.83. The predicted molar refractivity (Wildman–Crippen MR) is 96.8 cm³/mol. The van der Waals surface area contributed by atoms with Gasteiger partial charge in [-0.1, -0.05) is 0 Å². The predicted octanol–water partition coefficient (Wildman–Crippen LogP) is 3.71. The molecule has 148 valence electrons. The number of carboxylic acid groups (broad SMARTS) is 2. The quantitative estimate of drug-likeness (QED) is 0.740. The summed E-state index contributed by atoms with van der Waals surface area (Å²) >= 11 is 0. The lowest BCUT2D eigenvalue weighted by Crippen LogP contribution is -2.24. The molecule has 0 aliphatic heterocycles. The van der Waals surface area contributed by atoms with Crippen molar-refractivity contribution >= 4 is 23.5 Å². The number of aliphatic carboxylic acids is 2. The van der Waals surface area contributed by atoms with Crippen LogP contribution in [0, 0.1) is 23.7 Å². The van der Waals surface area contributed by atoms with Crippen LogP contribution in [-0.2, 0) is 19.2 Å². The molecule has 2 rings (SSSR count). The van der Waals surface area contributed by atoms with Crippen molar-refractivity contribution in [2.75, 3.05) is 0 Å². The average molecular weight is 368 g/mol. The number of carbonyl (C=O) groups is 4. The molecule has 2 aliphatic rings. The Bertz CT molecular complexity index is 450. The van der Waals surface area contributed by atoms with Crippen molar-refractivity contribution in [2.24, 2.45) is 23.7 Å². The number of ketones is 2. The van der Waals surface area contributed by atoms with Gasteiger partial charge in [0.2, 0.25) is 0 Å². The van der Waals surface area contributed by atoms with E-state index in [9.17, 15) is 19.2 Å². The number of hydrogen-bond donors (Lipinski definition) is 2. The first-order chi connectivity index (χ1) is 12.2. The summed E-state index contributed by atoms with van der Waals surface area (Å²) in [7, 11) is 0. The van der Waals surface area contributed by atoms with E-state index in [0.717, 1.165) is 38.5 Å². The van der Waals surface area contributed by atoms with Crippen LogP contribution >= 0.6 is 0 Å². The molecule has 0 unspecified atom stereocenters. The lowest BCUT2D eigenvalue weighted by molar-refractivity contribution is -0.144. The molecule has 2 aliphatic carbocycles. The molecule has 26 heavy (non-hydrogen) atoms. The number of rotatable bonds is 6. The summed E-state index contributed by atoms with van der Waals surface area (Å²) < 4.78 is 0. The molecule has 0 aromatic rings. The highest BCUT2D eigenvalue weighted by Crippen LogP contribution is 2.32. The lowest BCUT2D eigenvalue weighted by Gasteiger charge is -2.26. The van der Waals surface area contributed by atoms with Crippen molar-refractivity contribution in [1.29, 1.82) is 0 Å². The maximum atomic E-state index is 10.9. The zero-order valence-electron chi connectivity index (χ0n) is 15.9. The first-order valence-corrected chi connectivity index (χ1v) is 9.63. The normalized spacial score (nSPS) is 28.4. The monoisotopic (exact) mass is 368 g/mol. The van der Waals surface area contributed by atoms with Crippen molar-refractivity contribution < 1.29 is 29.4 Å². The highest BCUT2D eigenvalue weighted by molar-refractivity contribution is 5.79. The topological polar surface area (TPSA) is 109 Å². The second-order valence-electron chi connectivity index (χ2n) is 7.89. The molecule has 6 nitrogen and oxygen atoms in total. The van der Waals surface area contributed by atoms with Gasteiger partial charge in [0.15, 0.2) is 0 Å². The van der Waals surface area contributed by atoms with E-state index in [2.05, 4.69) is 0 Å². The van der Waals surface area contributed by atoms with Crippen LogP contribution in [0.4, 0.5) is 0 Å². The Morgan fingerprint density at radius 3 is 1.46 bits per heavy atom. The highest BCUT2D eigenvalue weighted by Gasteiger charge is 2.27. The molecule has 0 radical (unpaired) electrons. The van der Waals surface area contributed by atoms with E-state index >= 15 is 0 Å². The minimum Gasteiger partial charge on any atom is -0.481 e. The van der Waals surface area contributed by atoms with E-state index in [1.54, 1.807) is 13.8 Å². The second-order valence-corrected chi connectivity index (χ2v) is 7.89. The summed E-state index contributed by atoms with van der Waals surface area (Å²) in [5.41, 5.74) is 0. The fourth-order valence-electron chi connectivity index (χ4n) is 4.04. The molecule has 2 N–H and O–H groups in total. The SMILES string of the molecule is CC(=O)C1CCC(C(=O)O)CC1.CC(=O)CC1CCC(CC(=O)O)CC1. The third kappa shape index (κ3) is 8.59. The number of hydrogen-bond acceptors (Lipinski definition) is 4. The minimum absolute atomic E-state index is 0.126. The van der Waals surface area contributed by atoms with Crippen molar-refractivity contribution in [3.05, 3.63) is 0 Å². The molecule has 0 amide bonds. The Balaban J connectivity index is 0.000000263. The molecule has 2 saturated carbocycles. The Hall–Kier alpha value is -1.72. The van der Waals surface area contributed by atoms with Crippen LogP contribution < -0.4 is 0 Å². The Morgan fingerprint density at radius 2 is 1.12 bits per heavy atom. The molecule has 2 fully saturated rings. The van der Waals surface area contributed by atoms with E-state index in [1.807, 2.05) is 0 Å². The van der Waals surface area contributed by atoms with Gasteiger partial charge in [0.05, 0.1) is 5.92 Å². The Morgan fingerprint density at radius 1 is 0.692 bits per heavy atom. The fourth-order valence-corrected chi connectivity index (χ4v) is 4.04. The fraction of sp³-hybridized carbons (Fsp3) is 0.800. The average Bonchev–Trinajstić information content (AvgIpc) is 2.56. The molecule has 6 heteroatoms. The molecule has 0 bridgehead atoms. The second kappa shape index (κ2) is 11.1. The van der Waals surface area contributed by atoms with E-state index in [4.69, 9.17) is 10.2 Å². The van der Waals surface area contributed by atoms with Gasteiger partial charge in [0.1, 0.15) is 11.6 Å². The minimum atomic E-state index is -0.711. The van der Waals surface area contributed by atoms with E-state index in [-0.39, 0.29) is 23.4 Å². The van der Waals surface area contributed by atoms with Crippen LogP contribution in [0.1, 0.15) is 78.1 Å². The van der Waals surface area contributed by atoms with Gasteiger partial charge < -0.3 is 15.0 Å². The van der Waals surface area contributed by atoms with Gasteiger partial charge >= 0.3 is 11.9 Å². The van der Waals surface area contributed by atoms with Gasteiger partial charge in [-0.05, 0) is 77.0 Å². The van der Waals surface area contributed by atoms with Crippen LogP contribution in [0.25, 0.3) is 0 Å². The van der Waals surface area contributed by atoms with Crippen LogP contribution in [0.15, 0.2) is 0 Å². The van der Waals surface area contributed by atoms with Crippen molar-refractivity contribution in [2.45, 2.75) is 78.1 Å². The summed E-state index contributed by atoms with van der Waals surface area (Å²) in [5, 5.41) is 17.3. The first kappa shape index (κ1) is 22.3. The van der Waals surface area contributed by atoms with Crippen molar-refractivity contribution in [3.63, 3.8) is 0 Å². The van der Waals surface area contributed by atoms with Gasteiger partial charge in [-0.3, -0.25) is 14.4 Å². The molecule has 0 aromatic heterocycles. The van der Waals surface area contributed by atoms with Crippen LogP contribution in [0.2, 0.25) is 0 Å². The molecule has 0 saturated heterocycles. The molecule has 0 atom stereocenters. The molecular weight excluding hydrogens is 336 g/mol. The third-order valence-corrected chi connectivity index (χ3v) is 5.66. The molecule has 0 aromatic carbocycles. The maximum absolute atomic E-state index is 10.9. The zero-order chi connectivity index (χ0) is 19.7. The zero-order valence-corrected chi connectivity index (χ0v) is 15.9. The van der Waals surface area contributed by atoms with E-state index in [0.29, 0.717) is 37.5 Å². The van der Waals surface area contributed by atoms with Crippen LogP contribution in [0.3, 0.4) is 0 Å². The van der Waals surface area contributed by atoms with Crippen molar-refractivity contribution in [1.82, 2.24) is 0 Å². The molecular formula is C20H32O6. The van der Waals surface area contributed by atoms with Crippen LogP contribution in [0.5, 0.6) is 0 Å². The Labute approximate surface area is 155 Å². The number of carboxylic acids is 2. The summed E-state index contributed by atoms with van der Waals surface area (Å²) in [6.45, 7) is 3.22.